The highest BCUT2D eigenvalue weighted by Gasteiger charge is 2.18. The van der Waals surface area contributed by atoms with Gasteiger partial charge < -0.3 is 36.2 Å². The number of amides is 1. The van der Waals surface area contributed by atoms with E-state index < -0.39 is 11.7 Å². The number of carboxylic acid groups (broad SMARTS) is 1. The lowest BCUT2D eigenvalue weighted by Gasteiger charge is -2.26. The third-order valence-electron chi connectivity index (χ3n) is 6.38. The number of primary amides is 1. The minimum Gasteiger partial charge on any atom is -0.483 e. The maximum absolute atomic E-state index is 14.1. The van der Waals surface area contributed by atoms with Crippen LogP contribution in [0.1, 0.15) is 79.1 Å². The van der Waals surface area contributed by atoms with Gasteiger partial charge >= 0.3 is 0 Å². The molecule has 298 valence electrons. The van der Waals surface area contributed by atoms with E-state index in [0.29, 0.717) is 28.7 Å². The summed E-state index contributed by atoms with van der Waals surface area (Å²) in [6.07, 6.45) is 6.67. The number of carbonyl (C=O) groups excluding carboxylic acids is 1. The summed E-state index contributed by atoms with van der Waals surface area (Å²) in [6.45, 7) is 21.7. The van der Waals surface area contributed by atoms with E-state index in [1.165, 1.54) is 24.1 Å². The second-order valence-corrected chi connectivity index (χ2v) is 13.4. The van der Waals surface area contributed by atoms with Crippen LogP contribution in [0.3, 0.4) is 0 Å². The number of rotatable bonds is 17. The molecule has 0 unspecified atom stereocenters. The number of halogens is 2. The molecule has 1 aromatic heterocycles. The molecule has 2 aromatic carbocycles. The molecule has 0 fully saturated rings. The molecule has 1 heterocycles. The summed E-state index contributed by atoms with van der Waals surface area (Å²) in [7, 11) is 1.98. The molecule has 0 saturated carbocycles. The molecule has 53 heavy (non-hydrogen) atoms. The van der Waals surface area contributed by atoms with Crippen molar-refractivity contribution in [2.75, 3.05) is 50.5 Å². The molecule has 0 saturated heterocycles. The van der Waals surface area contributed by atoms with E-state index in [1.807, 2.05) is 72.0 Å². The Bertz CT molecular complexity index is 1450. The molecule has 0 aliphatic heterocycles. The average molecular weight is 827 g/mol. The fourth-order valence-corrected chi connectivity index (χ4v) is 4.87. The molecule has 0 bridgehead atoms. The van der Waals surface area contributed by atoms with Gasteiger partial charge in [-0.3, -0.25) is 14.3 Å². The topological polar surface area (TPSA) is 175 Å². The van der Waals surface area contributed by atoms with E-state index in [2.05, 4.69) is 79.9 Å². The monoisotopic (exact) mass is 825 g/mol. The predicted molar refractivity (Wildman–Crippen MR) is 222 cm³/mol. The van der Waals surface area contributed by atoms with E-state index in [0.717, 1.165) is 36.7 Å². The first-order chi connectivity index (χ1) is 25.3. The Morgan fingerprint density at radius 2 is 1.75 bits per heavy atom. The Kier molecular flexibility index (Phi) is 30.0. The van der Waals surface area contributed by atoms with Crippen molar-refractivity contribution in [2.24, 2.45) is 11.7 Å². The largest absolute Gasteiger partial charge is 0.483 e. The summed E-state index contributed by atoms with van der Waals surface area (Å²) in [4.78, 5) is 31.9. The summed E-state index contributed by atoms with van der Waals surface area (Å²) in [5.41, 5.74) is 5.85. The van der Waals surface area contributed by atoms with Crippen molar-refractivity contribution in [2.45, 2.75) is 79.2 Å². The third kappa shape index (κ3) is 23.6. The van der Waals surface area contributed by atoms with Crippen molar-refractivity contribution in [1.82, 2.24) is 19.6 Å². The highest BCUT2D eigenvalue weighted by Crippen LogP contribution is 2.28. The minimum atomic E-state index is -0.876. The molecule has 0 radical (unpaired) electrons. The average Bonchev–Trinajstić information content (AvgIpc) is 3.11. The number of hydrogen-bond acceptors (Lipinski definition) is 11. The lowest BCUT2D eigenvalue weighted by molar-refractivity contribution is -0.122. The van der Waals surface area contributed by atoms with Crippen LogP contribution in [0.15, 0.2) is 70.2 Å². The van der Waals surface area contributed by atoms with Gasteiger partial charge in [0.05, 0.1) is 27.9 Å². The standard InChI is InChI=1S/C26H32BrFN6O2S.C7H15NO.2C2H6.CH2O2/c1-16(2)12-13-36-26(3,4)15-31-37-18-10-8-17(9-11-18)32-25-30-14-19(27)24(34-25)33-21-7-5-6-20(28)22(21)23(29)35;1-3-4-5-8(2)6-7-9;2*1-2;2-1-3/h5-11,14,16,31H,12-13,15H2,1-4H3,(H2,29,35)(H2,30,32,33,34);3-4,9H,5-7H2,1-2H3;2*1-2H3;1H,(H,2,3)/b;4-3+;;;. The molecule has 0 spiro atoms. The van der Waals surface area contributed by atoms with Crippen LogP contribution in [0.5, 0.6) is 0 Å². The van der Waals surface area contributed by atoms with Crippen molar-refractivity contribution >= 4 is 63.4 Å². The summed E-state index contributed by atoms with van der Waals surface area (Å²) in [5.74, 6) is -0.296. The van der Waals surface area contributed by atoms with Gasteiger partial charge in [0.1, 0.15) is 11.6 Å². The molecule has 3 rings (SSSR count). The minimum absolute atomic E-state index is 0.209. The molecule has 0 aliphatic rings. The number of anilines is 4. The molecule has 1 amide bonds. The number of aliphatic hydroxyl groups excluding tert-OH is 1. The number of nitrogens with two attached hydrogens (primary N) is 1. The van der Waals surface area contributed by atoms with Gasteiger partial charge in [-0.05, 0) is 104 Å². The molecule has 12 nitrogen and oxygen atoms in total. The molecule has 7 N–H and O–H groups in total. The summed E-state index contributed by atoms with van der Waals surface area (Å²) in [5, 5.41) is 21.5. The maximum Gasteiger partial charge on any atom is 0.290 e. The Morgan fingerprint density at radius 3 is 2.30 bits per heavy atom. The van der Waals surface area contributed by atoms with Crippen LogP contribution in [0.4, 0.5) is 27.5 Å². The van der Waals surface area contributed by atoms with E-state index in [4.69, 9.17) is 25.5 Å². The smallest absolute Gasteiger partial charge is 0.290 e. The SMILES string of the molecule is C/C=C/CN(C)CCO.CC.CC.CC(C)CCOC(C)(C)CNSc1ccc(Nc2ncc(Br)c(Nc3cccc(F)c3C(N)=O)n2)cc1.O=CO. The van der Waals surface area contributed by atoms with Crippen LogP contribution in [0, 0.1) is 11.7 Å². The van der Waals surface area contributed by atoms with Gasteiger partial charge in [0.15, 0.2) is 0 Å². The first kappa shape index (κ1) is 51.5. The lowest BCUT2D eigenvalue weighted by Crippen LogP contribution is -2.35. The van der Waals surface area contributed by atoms with Crippen molar-refractivity contribution < 1.29 is 28.9 Å². The van der Waals surface area contributed by atoms with E-state index >= 15 is 0 Å². The summed E-state index contributed by atoms with van der Waals surface area (Å²) < 4.78 is 24.0. The fraction of sp³-hybridized carbons (Fsp3) is 0.474. The highest BCUT2D eigenvalue weighted by atomic mass is 79.9. The van der Waals surface area contributed by atoms with E-state index in [9.17, 15) is 9.18 Å². The Morgan fingerprint density at radius 1 is 1.13 bits per heavy atom. The first-order valence-electron chi connectivity index (χ1n) is 17.5. The predicted octanol–water partition coefficient (Wildman–Crippen LogP) is 8.64. The number of benzene rings is 2. The quantitative estimate of drug-likeness (QED) is 0.0435. The van der Waals surface area contributed by atoms with Crippen molar-refractivity contribution in [1.29, 1.82) is 0 Å². The van der Waals surface area contributed by atoms with Crippen molar-refractivity contribution in [3.05, 3.63) is 76.7 Å². The number of ether oxygens (including phenoxy) is 1. The molecule has 0 aliphatic carbocycles. The molecule has 0 atom stereocenters. The zero-order valence-electron chi connectivity index (χ0n) is 32.9. The summed E-state index contributed by atoms with van der Waals surface area (Å²) >= 11 is 4.92. The van der Waals surface area contributed by atoms with Gasteiger partial charge in [-0.1, -0.05) is 59.8 Å². The first-order valence-corrected chi connectivity index (χ1v) is 19.1. The van der Waals surface area contributed by atoms with Gasteiger partial charge in [0, 0.05) is 43.0 Å². The van der Waals surface area contributed by atoms with E-state index in [1.54, 1.807) is 12.3 Å². The van der Waals surface area contributed by atoms with Gasteiger partial charge in [0.2, 0.25) is 5.95 Å². The lowest BCUT2D eigenvalue weighted by atomic mass is 10.1. The van der Waals surface area contributed by atoms with Crippen LogP contribution < -0.4 is 21.1 Å². The van der Waals surface area contributed by atoms with Crippen LogP contribution in [0.25, 0.3) is 0 Å². The second-order valence-electron chi connectivity index (χ2n) is 11.6. The fourth-order valence-electron chi connectivity index (χ4n) is 3.72. The second kappa shape index (κ2) is 30.8. The number of likely N-dealkylation sites (N-methyl/N-ethyl adjacent to an activating group) is 1. The number of nitrogens with one attached hydrogen (secondary N) is 3. The highest BCUT2D eigenvalue weighted by molar-refractivity contribution is 9.10. The van der Waals surface area contributed by atoms with Crippen LogP contribution >= 0.6 is 27.9 Å². The number of nitrogens with zero attached hydrogens (tertiary/aromatic N) is 3. The van der Waals surface area contributed by atoms with Crippen LogP contribution in [-0.4, -0.2) is 83.0 Å². The maximum atomic E-state index is 14.1. The van der Waals surface area contributed by atoms with Gasteiger partial charge in [-0.2, -0.15) is 4.98 Å². The molecular weight excluding hydrogens is 765 g/mol. The number of allylic oxidation sites excluding steroid dienone is 1. The molecule has 15 heteroatoms. The van der Waals surface area contributed by atoms with Gasteiger partial charge in [-0.25, -0.2) is 9.37 Å². The molecule has 3 aromatic rings. The van der Waals surface area contributed by atoms with Crippen LogP contribution in [0.2, 0.25) is 0 Å². The van der Waals surface area contributed by atoms with Crippen molar-refractivity contribution in [3.8, 4) is 0 Å². The number of aromatic nitrogens is 2. The number of aliphatic hydroxyl groups is 1. The zero-order valence-corrected chi connectivity index (χ0v) is 35.3. The third-order valence-corrected chi connectivity index (χ3v) is 7.75. The number of hydrogen-bond donors (Lipinski definition) is 6. The Hall–Kier alpha value is -3.60. The van der Waals surface area contributed by atoms with Crippen LogP contribution in [-0.2, 0) is 9.53 Å². The Balaban J connectivity index is 0. The van der Waals surface area contributed by atoms with E-state index in [-0.39, 0.29) is 29.9 Å². The Labute approximate surface area is 328 Å². The van der Waals surface area contributed by atoms with Gasteiger partial charge in [-0.15, -0.1) is 0 Å². The number of carbonyl (C=O) groups is 2. The van der Waals surface area contributed by atoms with Crippen molar-refractivity contribution in [3.63, 3.8) is 0 Å². The van der Waals surface area contributed by atoms with Gasteiger partial charge in [0.25, 0.3) is 12.4 Å². The molecular formula is C38H61BrFN7O5S. The normalized spacial score (nSPS) is 10.5. The summed E-state index contributed by atoms with van der Waals surface area (Å²) in [6, 6.07) is 12.0. The zero-order chi connectivity index (χ0) is 40.8.